The number of carbonyl (C=O) groups excluding carboxylic acids is 2. The number of Topliss-reactive ketones (excluding diaryl/α,β-unsaturated/α-hetero) is 1. The van der Waals surface area contributed by atoms with Gasteiger partial charge in [0.05, 0.1) is 25.5 Å². The van der Waals surface area contributed by atoms with Crippen LogP contribution in [0.25, 0.3) is 0 Å². The van der Waals surface area contributed by atoms with Crippen LogP contribution in [0.15, 0.2) is 65.6 Å². The highest BCUT2D eigenvalue weighted by molar-refractivity contribution is 7.92. The van der Waals surface area contributed by atoms with E-state index in [0.29, 0.717) is 5.02 Å². The molecule has 0 heterocycles. The van der Waals surface area contributed by atoms with Crippen molar-refractivity contribution in [2.24, 2.45) is 0 Å². The summed E-state index contributed by atoms with van der Waals surface area (Å²) < 4.78 is 32.4. The average molecular weight is 533 g/mol. The summed E-state index contributed by atoms with van der Waals surface area (Å²) in [6, 6.07) is 13.7. The molecular weight excluding hydrogens is 520 g/mol. The van der Waals surface area contributed by atoms with E-state index in [2.05, 4.69) is 4.72 Å². The minimum atomic E-state index is -3.92. The Bertz CT molecular complexity index is 1290. The third kappa shape index (κ3) is 5.94. The van der Waals surface area contributed by atoms with Gasteiger partial charge in [-0.2, -0.15) is 0 Å². The van der Waals surface area contributed by atoms with Crippen LogP contribution in [0.5, 0.6) is 0 Å². The number of carbonyl (C=O) groups is 2. The first kappa shape index (κ1) is 24.4. The molecule has 1 N–H and O–H groups in total. The molecule has 6 nitrogen and oxygen atoms in total. The van der Waals surface area contributed by atoms with Crippen molar-refractivity contribution in [1.82, 2.24) is 0 Å². The van der Waals surface area contributed by atoms with Crippen LogP contribution in [-0.2, 0) is 14.8 Å². The summed E-state index contributed by atoms with van der Waals surface area (Å²) in [6.45, 7) is -0.522. The number of rotatable bonds is 7. The zero-order valence-corrected chi connectivity index (χ0v) is 19.8. The normalized spacial score (nSPS) is 11.1. The van der Waals surface area contributed by atoms with Crippen molar-refractivity contribution in [3.8, 4) is 0 Å². The molecule has 0 saturated carbocycles. The van der Waals surface area contributed by atoms with Gasteiger partial charge in [-0.25, -0.2) is 13.2 Å². The Morgan fingerprint density at radius 3 is 2.12 bits per heavy atom. The van der Waals surface area contributed by atoms with Crippen LogP contribution in [0, 0.1) is 0 Å². The number of esters is 1. The lowest BCUT2D eigenvalue weighted by molar-refractivity contribution is 0.0475. The van der Waals surface area contributed by atoms with Gasteiger partial charge in [-0.15, -0.1) is 0 Å². The number of halogens is 4. The van der Waals surface area contributed by atoms with Crippen molar-refractivity contribution in [2.75, 3.05) is 11.3 Å². The highest BCUT2D eigenvalue weighted by Crippen LogP contribution is 2.26. The quantitative estimate of drug-likeness (QED) is 0.291. The van der Waals surface area contributed by atoms with Gasteiger partial charge in [0.1, 0.15) is 0 Å². The van der Waals surface area contributed by atoms with Crippen LogP contribution >= 0.6 is 46.4 Å². The van der Waals surface area contributed by atoms with E-state index in [1.807, 2.05) is 0 Å². The number of ketones is 1. The molecule has 0 radical (unpaired) electrons. The zero-order chi connectivity index (χ0) is 23.5. The third-order valence-electron chi connectivity index (χ3n) is 4.14. The second-order valence-corrected chi connectivity index (χ2v) is 9.72. The molecule has 3 aromatic rings. The molecule has 0 aliphatic carbocycles. The predicted molar refractivity (Wildman–Crippen MR) is 125 cm³/mol. The van der Waals surface area contributed by atoms with E-state index < -0.39 is 28.4 Å². The maximum absolute atomic E-state index is 12.5. The van der Waals surface area contributed by atoms with Crippen molar-refractivity contribution in [3.05, 3.63) is 91.9 Å². The molecule has 0 saturated heterocycles. The van der Waals surface area contributed by atoms with Crippen LogP contribution in [0.2, 0.25) is 20.1 Å². The average Bonchev–Trinajstić information content (AvgIpc) is 2.74. The first-order valence-corrected chi connectivity index (χ1v) is 11.8. The standard InChI is InChI=1S/C21H13Cl4NO5S/c22-13-3-7-16(18(24)9-13)20(27)11-31-21(28)12-1-4-14(5-2-12)26-32(29,30)15-6-8-17(23)19(25)10-15/h1-10,26H,11H2. The number of anilines is 1. The summed E-state index contributed by atoms with van der Waals surface area (Å²) in [7, 11) is -3.92. The van der Waals surface area contributed by atoms with Crippen LogP contribution < -0.4 is 4.72 Å². The molecule has 0 atom stereocenters. The highest BCUT2D eigenvalue weighted by Gasteiger charge is 2.17. The third-order valence-corrected chi connectivity index (χ3v) is 6.81. The van der Waals surface area contributed by atoms with E-state index in [-0.39, 0.29) is 36.8 Å². The van der Waals surface area contributed by atoms with E-state index in [1.165, 1.54) is 60.7 Å². The Morgan fingerprint density at radius 2 is 1.50 bits per heavy atom. The molecular formula is C21H13Cl4NO5S. The van der Waals surface area contributed by atoms with Crippen molar-refractivity contribution >= 4 is 73.9 Å². The topological polar surface area (TPSA) is 89.5 Å². The van der Waals surface area contributed by atoms with E-state index >= 15 is 0 Å². The number of ether oxygens (including phenoxy) is 1. The summed E-state index contributed by atoms with van der Waals surface area (Å²) in [5, 5.41) is 0.850. The molecule has 0 unspecified atom stereocenters. The molecule has 166 valence electrons. The lowest BCUT2D eigenvalue weighted by atomic mass is 10.1. The fourth-order valence-electron chi connectivity index (χ4n) is 2.54. The van der Waals surface area contributed by atoms with Crippen molar-refractivity contribution < 1.29 is 22.7 Å². The van der Waals surface area contributed by atoms with Gasteiger partial charge in [-0.05, 0) is 60.7 Å². The van der Waals surface area contributed by atoms with Gasteiger partial charge >= 0.3 is 5.97 Å². The molecule has 32 heavy (non-hydrogen) atoms. The Morgan fingerprint density at radius 1 is 0.812 bits per heavy atom. The first-order valence-electron chi connectivity index (χ1n) is 8.80. The number of hydrogen-bond donors (Lipinski definition) is 1. The molecule has 0 fully saturated rings. The molecule has 3 aromatic carbocycles. The second-order valence-electron chi connectivity index (χ2n) is 6.38. The Labute approximate surface area is 204 Å². The van der Waals surface area contributed by atoms with E-state index in [9.17, 15) is 18.0 Å². The molecule has 0 spiro atoms. The Hall–Kier alpha value is -2.29. The lowest BCUT2D eigenvalue weighted by Gasteiger charge is -2.10. The van der Waals surface area contributed by atoms with Gasteiger partial charge in [0.15, 0.2) is 6.61 Å². The molecule has 3 rings (SSSR count). The predicted octanol–water partition coefficient (Wildman–Crippen LogP) is 6.14. The maximum atomic E-state index is 12.5. The Balaban J connectivity index is 1.64. The fraction of sp³-hybridized carbons (Fsp3) is 0.0476. The van der Waals surface area contributed by atoms with Crippen LogP contribution in [0.1, 0.15) is 20.7 Å². The summed E-state index contributed by atoms with van der Waals surface area (Å²) in [5.74, 6) is -1.26. The van der Waals surface area contributed by atoms with Gasteiger partial charge in [0.25, 0.3) is 10.0 Å². The minimum absolute atomic E-state index is 0.0743. The molecule has 0 amide bonds. The number of nitrogens with one attached hydrogen (secondary N) is 1. The molecule has 0 aromatic heterocycles. The number of hydrogen-bond acceptors (Lipinski definition) is 5. The zero-order valence-electron chi connectivity index (χ0n) is 15.9. The van der Waals surface area contributed by atoms with Crippen LogP contribution in [0.4, 0.5) is 5.69 Å². The van der Waals surface area contributed by atoms with Crippen LogP contribution in [-0.4, -0.2) is 26.8 Å². The first-order chi connectivity index (χ1) is 15.1. The molecule has 0 aliphatic heterocycles. The lowest BCUT2D eigenvalue weighted by Crippen LogP contribution is -2.15. The second kappa shape index (κ2) is 10.1. The monoisotopic (exact) mass is 531 g/mol. The fourth-order valence-corrected chi connectivity index (χ4v) is 4.50. The minimum Gasteiger partial charge on any atom is -0.454 e. The SMILES string of the molecule is O=C(OCC(=O)c1ccc(Cl)cc1Cl)c1ccc(NS(=O)(=O)c2ccc(Cl)c(Cl)c2)cc1. The van der Waals surface area contributed by atoms with Gasteiger partial charge in [-0.1, -0.05) is 46.4 Å². The van der Waals surface area contributed by atoms with Gasteiger partial charge in [0.2, 0.25) is 5.78 Å². The maximum Gasteiger partial charge on any atom is 0.338 e. The number of sulfonamides is 1. The summed E-state index contributed by atoms with van der Waals surface area (Å²) in [5.41, 5.74) is 0.505. The molecule has 11 heteroatoms. The van der Waals surface area contributed by atoms with Crippen molar-refractivity contribution in [1.29, 1.82) is 0 Å². The van der Waals surface area contributed by atoms with E-state index in [0.717, 1.165) is 0 Å². The summed E-state index contributed by atoms with van der Waals surface area (Å²) in [6.07, 6.45) is 0. The highest BCUT2D eigenvalue weighted by atomic mass is 35.5. The van der Waals surface area contributed by atoms with E-state index in [1.54, 1.807) is 0 Å². The molecule has 0 aliphatic rings. The number of benzene rings is 3. The smallest absolute Gasteiger partial charge is 0.338 e. The molecule has 0 bridgehead atoms. The largest absolute Gasteiger partial charge is 0.454 e. The summed E-state index contributed by atoms with van der Waals surface area (Å²) in [4.78, 5) is 24.3. The van der Waals surface area contributed by atoms with Gasteiger partial charge in [-0.3, -0.25) is 9.52 Å². The van der Waals surface area contributed by atoms with Gasteiger partial charge in [0, 0.05) is 16.3 Å². The van der Waals surface area contributed by atoms with Crippen LogP contribution in [0.3, 0.4) is 0 Å². The van der Waals surface area contributed by atoms with Crippen molar-refractivity contribution in [2.45, 2.75) is 4.90 Å². The summed E-state index contributed by atoms with van der Waals surface area (Å²) >= 11 is 23.4. The van der Waals surface area contributed by atoms with Crippen molar-refractivity contribution in [3.63, 3.8) is 0 Å². The Kier molecular flexibility index (Phi) is 7.69. The van der Waals surface area contributed by atoms with E-state index in [4.69, 9.17) is 51.1 Å². The van der Waals surface area contributed by atoms with Gasteiger partial charge < -0.3 is 4.74 Å².